The van der Waals surface area contributed by atoms with E-state index in [1.807, 2.05) is 18.9 Å². The van der Waals surface area contributed by atoms with E-state index in [-0.39, 0.29) is 16.8 Å². The highest BCUT2D eigenvalue weighted by atomic mass is 35.5. The number of nitrogens with one attached hydrogen (secondary N) is 1. The van der Waals surface area contributed by atoms with Gasteiger partial charge in [-0.15, -0.1) is 5.10 Å². The monoisotopic (exact) mass is 339 g/mol. The molecule has 0 bridgehead atoms. The Labute approximate surface area is 139 Å². The number of hydrogen-bond acceptors (Lipinski definition) is 4. The average molecular weight is 340 g/mol. The summed E-state index contributed by atoms with van der Waals surface area (Å²) in [5.74, 6) is -0.521. The van der Waals surface area contributed by atoms with E-state index in [1.54, 1.807) is 19.3 Å². The van der Waals surface area contributed by atoms with Gasteiger partial charge in [0.1, 0.15) is 5.82 Å². The summed E-state index contributed by atoms with van der Waals surface area (Å²) in [6.07, 6.45) is 1.74. The molecule has 8 heteroatoms. The molecule has 23 heavy (non-hydrogen) atoms. The number of rotatable bonds is 6. The van der Waals surface area contributed by atoms with E-state index in [1.165, 1.54) is 16.8 Å². The molecule has 1 amide bonds. The van der Waals surface area contributed by atoms with Gasteiger partial charge in [-0.25, -0.2) is 9.07 Å². The molecule has 0 fully saturated rings. The molecule has 1 N–H and O–H groups in total. The molecule has 0 unspecified atom stereocenters. The van der Waals surface area contributed by atoms with Crippen molar-refractivity contribution in [3.8, 4) is 5.69 Å². The SMILES string of the molecule is CNC(=O)[C@H](C)CN(C)Cc1cn(-c2ccc(F)cc2Cl)nn1. The maximum absolute atomic E-state index is 13.1. The molecule has 6 nitrogen and oxygen atoms in total. The third kappa shape index (κ3) is 4.49. The first-order chi connectivity index (χ1) is 10.9. The lowest BCUT2D eigenvalue weighted by atomic mass is 10.1. The molecule has 0 aliphatic rings. The summed E-state index contributed by atoms with van der Waals surface area (Å²) in [5.41, 5.74) is 1.30. The number of hydrogen-bond donors (Lipinski definition) is 1. The second kappa shape index (κ2) is 7.52. The van der Waals surface area contributed by atoms with Crippen molar-refractivity contribution < 1.29 is 9.18 Å². The van der Waals surface area contributed by atoms with Crippen molar-refractivity contribution in [2.45, 2.75) is 13.5 Å². The Morgan fingerprint density at radius 3 is 2.91 bits per heavy atom. The van der Waals surface area contributed by atoms with Gasteiger partial charge >= 0.3 is 0 Å². The van der Waals surface area contributed by atoms with Crippen LogP contribution in [0.15, 0.2) is 24.4 Å². The van der Waals surface area contributed by atoms with Crippen molar-refractivity contribution in [2.24, 2.45) is 5.92 Å². The zero-order valence-corrected chi connectivity index (χ0v) is 14.0. The van der Waals surface area contributed by atoms with Crippen LogP contribution in [0.25, 0.3) is 5.69 Å². The molecular weight excluding hydrogens is 321 g/mol. The predicted octanol–water partition coefficient (Wildman–Crippen LogP) is 1.87. The minimum absolute atomic E-state index is 0.00130. The lowest BCUT2D eigenvalue weighted by Gasteiger charge is -2.19. The molecule has 0 spiro atoms. The number of amides is 1. The number of carbonyl (C=O) groups excluding carboxylic acids is 1. The second-order valence-electron chi connectivity index (χ2n) is 5.46. The van der Waals surface area contributed by atoms with Crippen LogP contribution in [-0.4, -0.2) is 46.4 Å². The van der Waals surface area contributed by atoms with Crippen LogP contribution >= 0.6 is 11.6 Å². The van der Waals surface area contributed by atoms with Crippen molar-refractivity contribution in [2.75, 3.05) is 20.6 Å². The fraction of sp³-hybridized carbons (Fsp3) is 0.400. The normalized spacial score (nSPS) is 12.4. The molecule has 0 aliphatic carbocycles. The van der Waals surface area contributed by atoms with E-state index in [4.69, 9.17) is 11.6 Å². The molecule has 0 saturated heterocycles. The summed E-state index contributed by atoms with van der Waals surface area (Å²) in [5, 5.41) is 11.0. The third-order valence-corrected chi connectivity index (χ3v) is 3.71. The van der Waals surface area contributed by atoms with Gasteiger partial charge in [0, 0.05) is 26.1 Å². The zero-order valence-electron chi connectivity index (χ0n) is 13.3. The van der Waals surface area contributed by atoms with Crippen LogP contribution in [0.4, 0.5) is 4.39 Å². The zero-order chi connectivity index (χ0) is 17.0. The van der Waals surface area contributed by atoms with Gasteiger partial charge in [-0.3, -0.25) is 9.69 Å². The van der Waals surface area contributed by atoms with Gasteiger partial charge in [0.2, 0.25) is 5.91 Å². The minimum Gasteiger partial charge on any atom is -0.359 e. The molecular formula is C15H19ClFN5O. The first-order valence-corrected chi connectivity index (χ1v) is 7.55. The van der Waals surface area contributed by atoms with Crippen molar-refractivity contribution in [1.82, 2.24) is 25.2 Å². The molecule has 1 heterocycles. The van der Waals surface area contributed by atoms with Crippen molar-refractivity contribution in [1.29, 1.82) is 0 Å². The second-order valence-corrected chi connectivity index (χ2v) is 5.87. The van der Waals surface area contributed by atoms with Crippen LogP contribution in [0.2, 0.25) is 5.02 Å². The summed E-state index contributed by atoms with van der Waals surface area (Å²) in [4.78, 5) is 13.5. The topological polar surface area (TPSA) is 63.1 Å². The molecule has 124 valence electrons. The Bertz CT molecular complexity index is 690. The number of benzene rings is 1. The standard InChI is InChI=1S/C15H19ClFN5O/c1-10(15(23)18-2)7-21(3)8-12-9-22(20-19-12)14-5-4-11(17)6-13(14)16/h4-6,9-10H,7-8H2,1-3H3,(H,18,23)/t10-/m1/s1. The fourth-order valence-corrected chi connectivity index (χ4v) is 2.55. The summed E-state index contributed by atoms with van der Waals surface area (Å²) >= 11 is 6.02. The van der Waals surface area contributed by atoms with E-state index in [2.05, 4.69) is 15.6 Å². The summed E-state index contributed by atoms with van der Waals surface area (Å²) < 4.78 is 14.6. The third-order valence-electron chi connectivity index (χ3n) is 3.41. The van der Waals surface area contributed by atoms with E-state index >= 15 is 0 Å². The highest BCUT2D eigenvalue weighted by Gasteiger charge is 2.15. The quantitative estimate of drug-likeness (QED) is 0.872. The maximum atomic E-state index is 13.1. The highest BCUT2D eigenvalue weighted by molar-refractivity contribution is 6.32. The molecule has 0 radical (unpaired) electrons. The molecule has 0 saturated carbocycles. The van der Waals surface area contributed by atoms with Gasteiger partial charge in [0.25, 0.3) is 0 Å². The van der Waals surface area contributed by atoms with E-state index in [0.717, 1.165) is 5.69 Å². The Kier molecular flexibility index (Phi) is 5.68. The largest absolute Gasteiger partial charge is 0.359 e. The van der Waals surface area contributed by atoms with E-state index in [9.17, 15) is 9.18 Å². The molecule has 2 rings (SSSR count). The van der Waals surface area contributed by atoms with Gasteiger partial charge < -0.3 is 5.32 Å². The van der Waals surface area contributed by atoms with Crippen molar-refractivity contribution in [3.05, 3.63) is 40.9 Å². The molecule has 2 aromatic rings. The highest BCUT2D eigenvalue weighted by Crippen LogP contribution is 2.20. The van der Waals surface area contributed by atoms with Crippen LogP contribution in [0, 0.1) is 11.7 Å². The van der Waals surface area contributed by atoms with Gasteiger partial charge in [0.15, 0.2) is 0 Å². The number of halogens is 2. The van der Waals surface area contributed by atoms with Gasteiger partial charge in [0.05, 0.1) is 22.6 Å². The minimum atomic E-state index is -0.401. The number of carbonyl (C=O) groups is 1. The summed E-state index contributed by atoms with van der Waals surface area (Å²) in [6, 6.07) is 4.10. The maximum Gasteiger partial charge on any atom is 0.223 e. The first kappa shape index (κ1) is 17.4. The Balaban J connectivity index is 2.03. The smallest absolute Gasteiger partial charge is 0.223 e. The first-order valence-electron chi connectivity index (χ1n) is 7.17. The van der Waals surface area contributed by atoms with Gasteiger partial charge in [-0.2, -0.15) is 0 Å². The van der Waals surface area contributed by atoms with Crippen LogP contribution in [0.5, 0.6) is 0 Å². The fourth-order valence-electron chi connectivity index (χ4n) is 2.29. The van der Waals surface area contributed by atoms with Crippen molar-refractivity contribution in [3.63, 3.8) is 0 Å². The van der Waals surface area contributed by atoms with Crippen LogP contribution in [0.1, 0.15) is 12.6 Å². The molecule has 1 aromatic carbocycles. The van der Waals surface area contributed by atoms with Crippen LogP contribution < -0.4 is 5.32 Å². The van der Waals surface area contributed by atoms with Crippen molar-refractivity contribution >= 4 is 17.5 Å². The van der Waals surface area contributed by atoms with E-state index < -0.39 is 5.82 Å². The Morgan fingerprint density at radius 2 is 2.26 bits per heavy atom. The predicted molar refractivity (Wildman–Crippen MR) is 85.9 cm³/mol. The molecule has 1 aromatic heterocycles. The number of aromatic nitrogens is 3. The number of nitrogens with zero attached hydrogens (tertiary/aromatic N) is 4. The lowest BCUT2D eigenvalue weighted by Crippen LogP contribution is -2.34. The Morgan fingerprint density at radius 1 is 1.52 bits per heavy atom. The summed E-state index contributed by atoms with van der Waals surface area (Å²) in [6.45, 7) is 3.01. The van der Waals surface area contributed by atoms with Crippen LogP contribution in [-0.2, 0) is 11.3 Å². The Hall–Kier alpha value is -1.99. The molecule has 0 aliphatic heterocycles. The lowest BCUT2D eigenvalue weighted by molar-refractivity contribution is -0.124. The van der Waals surface area contributed by atoms with Crippen LogP contribution in [0.3, 0.4) is 0 Å². The van der Waals surface area contributed by atoms with Gasteiger partial charge in [-0.05, 0) is 25.2 Å². The average Bonchev–Trinajstić information content (AvgIpc) is 2.94. The van der Waals surface area contributed by atoms with E-state index in [0.29, 0.717) is 18.8 Å². The van der Waals surface area contributed by atoms with Gasteiger partial charge in [-0.1, -0.05) is 23.7 Å². The molecule has 1 atom stereocenters. The summed E-state index contributed by atoms with van der Waals surface area (Å²) in [7, 11) is 3.53.